The average Bonchev–Trinajstić information content (AvgIpc) is 3.50. The summed E-state index contributed by atoms with van der Waals surface area (Å²) in [5.41, 5.74) is 3.79. The van der Waals surface area contributed by atoms with E-state index in [1.54, 1.807) is 9.81 Å². The van der Waals surface area contributed by atoms with Gasteiger partial charge in [0.1, 0.15) is 0 Å². The Labute approximate surface area is 210 Å². The molecule has 0 nitrogen and oxygen atoms in total. The predicted octanol–water partition coefficient (Wildman–Crippen LogP) is 9.35. The van der Waals surface area contributed by atoms with Crippen LogP contribution in [0, 0.1) is 29.6 Å². The molecular weight excluding hydrogens is 461 g/mol. The molecule has 3 aliphatic heterocycles. The third-order valence-corrected chi connectivity index (χ3v) is 20.7. The predicted molar refractivity (Wildman–Crippen MR) is 150 cm³/mol. The van der Waals surface area contributed by atoms with Crippen LogP contribution in [0.15, 0.2) is 32.4 Å². The quantitative estimate of drug-likeness (QED) is 0.353. The van der Waals surface area contributed by atoms with Gasteiger partial charge in [-0.05, 0) is 95.4 Å². The van der Waals surface area contributed by atoms with Crippen molar-refractivity contribution in [2.75, 3.05) is 0 Å². The molecule has 0 N–H and O–H groups in total. The first-order valence-corrected chi connectivity index (χ1v) is 19.1. The standard InChI is InChI=1S/C28H42S3Si/c1-15-12-20-18(4)23(19-10-8-7-9-11-19)31-24(20)27(15)32(5,6)28-25-21(13-16(2)29-25)22-14-17(3)30-26(22)28/h13-15,19-22,24-28H,7-12H2,1-6H3/t15?,20-,21-,22?,24?,25?,26?,27?,28?/m0/s1. The monoisotopic (exact) mass is 502 g/mol. The summed E-state index contributed by atoms with van der Waals surface area (Å²) in [5, 5.41) is 2.64. The van der Waals surface area contributed by atoms with Gasteiger partial charge in [-0.3, -0.25) is 0 Å². The molecule has 0 saturated heterocycles. The van der Waals surface area contributed by atoms with Crippen molar-refractivity contribution in [2.45, 2.75) is 106 Å². The van der Waals surface area contributed by atoms with Crippen LogP contribution in [0.4, 0.5) is 0 Å². The fourth-order valence-corrected chi connectivity index (χ4v) is 23.0. The summed E-state index contributed by atoms with van der Waals surface area (Å²) < 4.78 is 0. The van der Waals surface area contributed by atoms with Crippen molar-refractivity contribution < 1.29 is 0 Å². The van der Waals surface area contributed by atoms with Gasteiger partial charge in [-0.2, -0.15) is 0 Å². The van der Waals surface area contributed by atoms with E-state index in [0.29, 0.717) is 0 Å². The van der Waals surface area contributed by atoms with Gasteiger partial charge in [-0.25, -0.2) is 0 Å². The van der Waals surface area contributed by atoms with E-state index in [4.69, 9.17) is 0 Å². The van der Waals surface area contributed by atoms with Crippen LogP contribution >= 0.6 is 35.3 Å². The van der Waals surface area contributed by atoms with Crippen LogP contribution in [0.1, 0.15) is 66.2 Å². The highest BCUT2D eigenvalue weighted by Crippen LogP contribution is 2.70. The molecule has 176 valence electrons. The maximum absolute atomic E-state index is 2.84. The van der Waals surface area contributed by atoms with Gasteiger partial charge in [0.15, 0.2) is 0 Å². The Hall–Kier alpha value is 0.487. The summed E-state index contributed by atoms with van der Waals surface area (Å²) in [6, 6.07) is 0. The van der Waals surface area contributed by atoms with Crippen LogP contribution < -0.4 is 0 Å². The molecular formula is C28H42S3Si. The van der Waals surface area contributed by atoms with Crippen molar-refractivity contribution in [3.63, 3.8) is 0 Å². The first-order valence-electron chi connectivity index (χ1n) is 13.3. The molecule has 3 aliphatic carbocycles. The highest BCUT2D eigenvalue weighted by atomic mass is 32.2. The van der Waals surface area contributed by atoms with Gasteiger partial charge in [-0.1, -0.05) is 57.0 Å². The van der Waals surface area contributed by atoms with Gasteiger partial charge in [-0.15, -0.1) is 35.3 Å². The zero-order valence-electron chi connectivity index (χ0n) is 20.9. The van der Waals surface area contributed by atoms with Gasteiger partial charge < -0.3 is 0 Å². The molecule has 0 bridgehead atoms. The molecule has 32 heavy (non-hydrogen) atoms. The third kappa shape index (κ3) is 3.39. The van der Waals surface area contributed by atoms with Crippen LogP contribution in [0.3, 0.4) is 0 Å². The number of hydrogen-bond acceptors (Lipinski definition) is 3. The van der Waals surface area contributed by atoms with Crippen molar-refractivity contribution in [3.8, 4) is 0 Å². The first kappa shape index (κ1) is 22.9. The second-order valence-electron chi connectivity index (χ2n) is 12.5. The summed E-state index contributed by atoms with van der Waals surface area (Å²) in [5.74, 6) is 4.35. The zero-order valence-corrected chi connectivity index (χ0v) is 24.3. The van der Waals surface area contributed by atoms with Crippen LogP contribution in [0.5, 0.6) is 0 Å². The minimum absolute atomic E-state index is 0.813. The minimum Gasteiger partial charge on any atom is -0.127 e. The topological polar surface area (TPSA) is 0 Å². The maximum atomic E-state index is 2.84. The van der Waals surface area contributed by atoms with E-state index >= 15 is 0 Å². The second kappa shape index (κ2) is 8.27. The van der Waals surface area contributed by atoms with Crippen LogP contribution in [-0.4, -0.2) is 23.8 Å². The van der Waals surface area contributed by atoms with Gasteiger partial charge in [0, 0.05) is 15.7 Å². The Balaban J connectivity index is 1.30. The van der Waals surface area contributed by atoms with E-state index < -0.39 is 8.07 Å². The van der Waals surface area contributed by atoms with E-state index in [2.05, 4.69) is 88.2 Å². The number of fused-ring (bicyclic) bond motifs is 4. The molecule has 7 unspecified atom stereocenters. The van der Waals surface area contributed by atoms with E-state index in [1.807, 2.05) is 10.5 Å². The highest BCUT2D eigenvalue weighted by Gasteiger charge is 2.63. The lowest BCUT2D eigenvalue weighted by Crippen LogP contribution is -2.48. The first-order chi connectivity index (χ1) is 15.3. The van der Waals surface area contributed by atoms with Gasteiger partial charge in [0.05, 0.1) is 8.07 Å². The molecule has 3 heterocycles. The van der Waals surface area contributed by atoms with Crippen LogP contribution in [-0.2, 0) is 0 Å². The molecule has 0 aromatic rings. The fraction of sp³-hybridized carbons (Fsp3) is 0.786. The molecule has 0 radical (unpaired) electrons. The lowest BCUT2D eigenvalue weighted by molar-refractivity contribution is 0.411. The van der Waals surface area contributed by atoms with E-state index in [0.717, 1.165) is 56.4 Å². The van der Waals surface area contributed by atoms with Crippen molar-refractivity contribution >= 4 is 43.4 Å². The molecule has 3 fully saturated rings. The van der Waals surface area contributed by atoms with Gasteiger partial charge in [0.2, 0.25) is 0 Å². The summed E-state index contributed by atoms with van der Waals surface area (Å²) in [6.45, 7) is 15.6. The Morgan fingerprint density at radius 1 is 0.781 bits per heavy atom. The lowest BCUT2D eigenvalue weighted by atomic mass is 9.85. The smallest absolute Gasteiger partial charge is 0.0575 e. The molecule has 0 aromatic heterocycles. The zero-order chi connectivity index (χ0) is 22.4. The highest BCUT2D eigenvalue weighted by molar-refractivity contribution is 8.05. The average molecular weight is 503 g/mol. The lowest BCUT2D eigenvalue weighted by Gasteiger charge is -2.45. The van der Waals surface area contributed by atoms with Crippen molar-refractivity contribution in [3.05, 3.63) is 32.4 Å². The number of thioether (sulfide) groups is 3. The summed E-state index contributed by atoms with van der Waals surface area (Å²) in [6.07, 6.45) is 14.2. The minimum atomic E-state index is -1.48. The fourth-order valence-electron chi connectivity index (χ4n) is 9.13. The Morgan fingerprint density at radius 3 is 1.97 bits per heavy atom. The third-order valence-electron chi connectivity index (χ3n) is 10.3. The van der Waals surface area contributed by atoms with Crippen molar-refractivity contribution in [1.29, 1.82) is 0 Å². The SMILES string of the molecule is CC1=CC2C(S1)C([Si](C)(C)C1C(C)C[C@H]3C(C)=C(C4CCCCC4)SC13)C1SC(C)=C[C@@H]21. The molecule has 0 spiro atoms. The van der Waals surface area contributed by atoms with Gasteiger partial charge >= 0.3 is 0 Å². The molecule has 9 atom stereocenters. The van der Waals surface area contributed by atoms with Crippen LogP contribution in [0.25, 0.3) is 0 Å². The molecule has 4 heteroatoms. The molecule has 0 aromatic carbocycles. The molecule has 3 saturated carbocycles. The normalized spacial score (nSPS) is 46.4. The molecule has 6 aliphatic rings. The van der Waals surface area contributed by atoms with Crippen LogP contribution in [0.2, 0.25) is 24.2 Å². The number of hydrogen-bond donors (Lipinski definition) is 0. The largest absolute Gasteiger partial charge is 0.127 e. The molecule has 6 rings (SSSR count). The van der Waals surface area contributed by atoms with E-state index in [1.165, 1.54) is 38.5 Å². The Morgan fingerprint density at radius 2 is 1.38 bits per heavy atom. The number of allylic oxidation sites excluding steroid dienone is 6. The van der Waals surface area contributed by atoms with E-state index in [9.17, 15) is 0 Å². The van der Waals surface area contributed by atoms with Gasteiger partial charge in [0.25, 0.3) is 0 Å². The maximum Gasteiger partial charge on any atom is 0.0575 e. The summed E-state index contributed by atoms with van der Waals surface area (Å²) >= 11 is 6.97. The Kier molecular flexibility index (Phi) is 5.92. The number of rotatable bonds is 3. The van der Waals surface area contributed by atoms with E-state index in [-0.39, 0.29) is 0 Å². The van der Waals surface area contributed by atoms with Crippen molar-refractivity contribution in [2.24, 2.45) is 29.6 Å². The summed E-state index contributed by atoms with van der Waals surface area (Å²) in [4.78, 5) is 5.10. The summed E-state index contributed by atoms with van der Waals surface area (Å²) in [7, 11) is -1.48. The van der Waals surface area contributed by atoms with Crippen molar-refractivity contribution in [1.82, 2.24) is 0 Å². The Bertz CT molecular complexity index is 847. The second-order valence-corrected chi connectivity index (χ2v) is 21.6. The molecule has 0 amide bonds.